The van der Waals surface area contributed by atoms with Gasteiger partial charge in [-0.05, 0) is 51.3 Å². The molecule has 1 aromatic rings. The third-order valence-corrected chi connectivity index (χ3v) is 3.52. The zero-order chi connectivity index (χ0) is 21.0. The lowest BCUT2D eigenvalue weighted by atomic mass is 10.1. The Morgan fingerprint density at radius 3 is 2.29 bits per heavy atom. The van der Waals surface area contributed by atoms with Crippen molar-refractivity contribution < 1.29 is 14.3 Å². The number of carbonyl (C=O) groups is 2. The molecule has 0 aliphatic rings. The first kappa shape index (κ1) is 23.3. The quantitative estimate of drug-likeness (QED) is 0.402. The largest absolute Gasteiger partial charge is 0.444 e. The molecule has 1 aromatic carbocycles. The molecule has 1 rings (SSSR count). The molecule has 0 saturated carbocycles. The van der Waals surface area contributed by atoms with Crippen LogP contribution in [-0.2, 0) is 16.0 Å². The van der Waals surface area contributed by atoms with E-state index in [9.17, 15) is 9.59 Å². The lowest BCUT2D eigenvalue weighted by Crippen LogP contribution is -2.43. The first-order chi connectivity index (χ1) is 13.2. The molecule has 28 heavy (non-hydrogen) atoms. The van der Waals surface area contributed by atoms with Gasteiger partial charge in [0.05, 0.1) is 6.54 Å². The van der Waals surface area contributed by atoms with E-state index in [-0.39, 0.29) is 12.5 Å². The number of benzene rings is 1. The fraction of sp³-hybridized carbons (Fsp3) is 0.550. The topological polar surface area (TPSA) is 104 Å². The van der Waals surface area contributed by atoms with Crippen LogP contribution in [0.1, 0.15) is 39.7 Å². The Morgan fingerprint density at radius 2 is 1.71 bits per heavy atom. The first-order valence-corrected chi connectivity index (χ1v) is 9.53. The average Bonchev–Trinajstić information content (AvgIpc) is 2.62. The number of nitrogens with one attached hydrogen (secondary N) is 4. The number of guanidine groups is 1. The SMILES string of the molecule is CCCNC(=O)CNC(=NC)NCCc1ccc(NC(=O)OC(C)(C)C)cc1. The minimum Gasteiger partial charge on any atom is -0.444 e. The Morgan fingerprint density at radius 1 is 1.04 bits per heavy atom. The van der Waals surface area contributed by atoms with Crippen LogP contribution >= 0.6 is 0 Å². The van der Waals surface area contributed by atoms with Gasteiger partial charge in [0.1, 0.15) is 5.60 Å². The summed E-state index contributed by atoms with van der Waals surface area (Å²) in [6.45, 7) is 8.99. The van der Waals surface area contributed by atoms with E-state index in [1.807, 2.05) is 52.0 Å². The van der Waals surface area contributed by atoms with E-state index in [0.717, 1.165) is 18.4 Å². The highest BCUT2D eigenvalue weighted by molar-refractivity contribution is 5.86. The third-order valence-electron chi connectivity index (χ3n) is 3.52. The van der Waals surface area contributed by atoms with E-state index >= 15 is 0 Å². The molecule has 0 aliphatic carbocycles. The van der Waals surface area contributed by atoms with Crippen LogP contribution in [0.25, 0.3) is 0 Å². The fourth-order valence-electron chi connectivity index (χ4n) is 2.21. The van der Waals surface area contributed by atoms with Crippen molar-refractivity contribution in [3.05, 3.63) is 29.8 Å². The first-order valence-electron chi connectivity index (χ1n) is 9.53. The highest BCUT2D eigenvalue weighted by Crippen LogP contribution is 2.13. The molecule has 0 atom stereocenters. The van der Waals surface area contributed by atoms with Crippen molar-refractivity contribution in [1.82, 2.24) is 16.0 Å². The van der Waals surface area contributed by atoms with Gasteiger partial charge in [-0.15, -0.1) is 0 Å². The number of hydrogen-bond donors (Lipinski definition) is 4. The summed E-state index contributed by atoms with van der Waals surface area (Å²) < 4.78 is 5.23. The van der Waals surface area contributed by atoms with Crippen LogP contribution < -0.4 is 21.3 Å². The van der Waals surface area contributed by atoms with Gasteiger partial charge in [0.2, 0.25) is 5.91 Å². The predicted molar refractivity (Wildman–Crippen MR) is 113 cm³/mol. The van der Waals surface area contributed by atoms with Crippen LogP contribution in [0.3, 0.4) is 0 Å². The van der Waals surface area contributed by atoms with Crippen LogP contribution in [0.4, 0.5) is 10.5 Å². The molecule has 0 spiro atoms. The maximum Gasteiger partial charge on any atom is 0.412 e. The van der Waals surface area contributed by atoms with Crippen LogP contribution in [0.15, 0.2) is 29.3 Å². The fourth-order valence-corrected chi connectivity index (χ4v) is 2.21. The van der Waals surface area contributed by atoms with Crippen LogP contribution in [0.2, 0.25) is 0 Å². The number of anilines is 1. The average molecular weight is 392 g/mol. The Kier molecular flexibility index (Phi) is 9.84. The summed E-state index contributed by atoms with van der Waals surface area (Å²) in [7, 11) is 1.66. The predicted octanol–water partition coefficient (Wildman–Crippen LogP) is 2.27. The molecule has 0 heterocycles. The molecule has 156 valence electrons. The van der Waals surface area contributed by atoms with Crippen molar-refractivity contribution in [1.29, 1.82) is 0 Å². The van der Waals surface area contributed by atoms with Crippen LogP contribution in [0.5, 0.6) is 0 Å². The van der Waals surface area contributed by atoms with Crippen LogP contribution in [-0.4, -0.2) is 50.2 Å². The van der Waals surface area contributed by atoms with E-state index in [4.69, 9.17) is 4.74 Å². The third kappa shape index (κ3) is 10.4. The van der Waals surface area contributed by atoms with Gasteiger partial charge in [-0.1, -0.05) is 19.1 Å². The molecule has 0 aliphatic heterocycles. The second kappa shape index (κ2) is 11.8. The van der Waals surface area contributed by atoms with Gasteiger partial charge in [-0.3, -0.25) is 15.1 Å². The van der Waals surface area contributed by atoms with Crippen molar-refractivity contribution in [2.75, 3.05) is 32.0 Å². The molecular weight excluding hydrogens is 358 g/mol. The number of carbonyl (C=O) groups excluding carboxylic acids is 2. The van der Waals surface area contributed by atoms with Gasteiger partial charge in [-0.25, -0.2) is 4.79 Å². The van der Waals surface area contributed by atoms with E-state index in [2.05, 4.69) is 26.3 Å². The van der Waals surface area contributed by atoms with Crippen molar-refractivity contribution in [3.63, 3.8) is 0 Å². The molecule has 0 saturated heterocycles. The van der Waals surface area contributed by atoms with Crippen molar-refractivity contribution in [3.8, 4) is 0 Å². The highest BCUT2D eigenvalue weighted by Gasteiger charge is 2.16. The van der Waals surface area contributed by atoms with Gasteiger partial charge in [0, 0.05) is 25.8 Å². The number of nitrogens with zero attached hydrogens (tertiary/aromatic N) is 1. The summed E-state index contributed by atoms with van der Waals surface area (Å²) in [5, 5.41) is 11.7. The summed E-state index contributed by atoms with van der Waals surface area (Å²) >= 11 is 0. The van der Waals surface area contributed by atoms with Gasteiger partial charge in [0.15, 0.2) is 5.96 Å². The van der Waals surface area contributed by atoms with Crippen molar-refractivity contribution in [2.45, 2.75) is 46.1 Å². The van der Waals surface area contributed by atoms with Crippen molar-refractivity contribution in [2.24, 2.45) is 4.99 Å². The molecule has 8 nitrogen and oxygen atoms in total. The minimum absolute atomic E-state index is 0.0575. The Hall–Kier alpha value is -2.77. The maximum atomic E-state index is 11.8. The summed E-state index contributed by atoms with van der Waals surface area (Å²) in [6.07, 6.45) is 1.21. The lowest BCUT2D eigenvalue weighted by Gasteiger charge is -2.19. The van der Waals surface area contributed by atoms with Gasteiger partial charge >= 0.3 is 6.09 Å². The van der Waals surface area contributed by atoms with Gasteiger partial charge in [-0.2, -0.15) is 0 Å². The summed E-state index contributed by atoms with van der Waals surface area (Å²) in [5.74, 6) is 0.521. The van der Waals surface area contributed by atoms with E-state index in [1.54, 1.807) is 7.05 Å². The second-order valence-corrected chi connectivity index (χ2v) is 7.28. The van der Waals surface area contributed by atoms with Crippen molar-refractivity contribution >= 4 is 23.6 Å². The normalized spacial score (nSPS) is 11.5. The molecule has 0 unspecified atom stereocenters. The molecule has 0 radical (unpaired) electrons. The van der Waals surface area contributed by atoms with Gasteiger partial charge in [0.25, 0.3) is 0 Å². The van der Waals surface area contributed by atoms with Crippen LogP contribution in [0, 0.1) is 0 Å². The zero-order valence-corrected chi connectivity index (χ0v) is 17.5. The number of amides is 2. The number of rotatable bonds is 8. The summed E-state index contributed by atoms with van der Waals surface area (Å²) in [4.78, 5) is 27.5. The molecule has 2 amide bonds. The van der Waals surface area contributed by atoms with E-state index < -0.39 is 11.7 Å². The molecule has 0 aromatic heterocycles. The maximum absolute atomic E-state index is 11.8. The summed E-state index contributed by atoms with van der Waals surface area (Å²) in [5.41, 5.74) is 1.26. The molecule has 8 heteroatoms. The monoisotopic (exact) mass is 391 g/mol. The Bertz CT molecular complexity index is 651. The van der Waals surface area contributed by atoms with E-state index in [0.29, 0.717) is 24.7 Å². The molecular formula is C20H33N5O3. The zero-order valence-electron chi connectivity index (χ0n) is 17.5. The molecule has 0 fully saturated rings. The summed E-state index contributed by atoms with van der Waals surface area (Å²) in [6, 6.07) is 7.57. The number of ether oxygens (including phenoxy) is 1. The Balaban J connectivity index is 2.36. The lowest BCUT2D eigenvalue weighted by molar-refractivity contribution is -0.120. The van der Waals surface area contributed by atoms with E-state index in [1.165, 1.54) is 0 Å². The number of hydrogen-bond acceptors (Lipinski definition) is 4. The number of aliphatic imine (C=N–C) groups is 1. The standard InChI is InChI=1S/C20H33N5O3/c1-6-12-22-17(26)14-24-18(21-5)23-13-11-15-7-9-16(10-8-15)25-19(27)28-20(2,3)4/h7-10H,6,11-14H2,1-5H3,(H,22,26)(H,25,27)(H2,21,23,24). The second-order valence-electron chi connectivity index (χ2n) is 7.28. The molecule has 4 N–H and O–H groups in total. The molecule has 0 bridgehead atoms. The smallest absolute Gasteiger partial charge is 0.412 e. The highest BCUT2D eigenvalue weighted by atomic mass is 16.6. The Labute approximate surface area is 167 Å². The van der Waals surface area contributed by atoms with Gasteiger partial charge < -0.3 is 20.7 Å². The minimum atomic E-state index is -0.529.